The van der Waals surface area contributed by atoms with E-state index in [2.05, 4.69) is 28.0 Å². The van der Waals surface area contributed by atoms with E-state index in [1.807, 2.05) is 26.2 Å². The van der Waals surface area contributed by atoms with Crippen LogP contribution in [-0.2, 0) is 7.05 Å². The van der Waals surface area contributed by atoms with Crippen molar-refractivity contribution in [3.05, 3.63) is 54.0 Å². The number of hydrogen-bond donors (Lipinski definition) is 2. The molecule has 1 amide bonds. The van der Waals surface area contributed by atoms with Crippen LogP contribution in [-0.4, -0.2) is 39.7 Å². The van der Waals surface area contributed by atoms with E-state index < -0.39 is 5.92 Å². The van der Waals surface area contributed by atoms with Gasteiger partial charge < -0.3 is 10.2 Å². The lowest BCUT2D eigenvalue weighted by atomic mass is 9.99. The summed E-state index contributed by atoms with van der Waals surface area (Å²) in [7, 11) is 1.82. The van der Waals surface area contributed by atoms with Gasteiger partial charge in [0.25, 0.3) is 5.91 Å². The molecule has 0 aliphatic carbocycles. The monoisotopic (exact) mass is 457 g/mol. The molecule has 6 nitrogen and oxygen atoms in total. The fourth-order valence-electron chi connectivity index (χ4n) is 4.01. The van der Waals surface area contributed by atoms with Crippen LogP contribution in [0.3, 0.4) is 0 Å². The number of nitrogens with one attached hydrogen (secondary N) is 1. The Labute approximate surface area is 191 Å². The first-order valence-corrected chi connectivity index (χ1v) is 10.9. The van der Waals surface area contributed by atoms with Gasteiger partial charge in [0.05, 0.1) is 11.8 Å². The van der Waals surface area contributed by atoms with Crippen molar-refractivity contribution in [3.8, 4) is 11.1 Å². The molecule has 1 saturated heterocycles. The number of aromatic nitrogens is 3. The summed E-state index contributed by atoms with van der Waals surface area (Å²) in [6, 6.07) is 7.14. The van der Waals surface area contributed by atoms with Gasteiger partial charge >= 0.3 is 0 Å². The lowest BCUT2D eigenvalue weighted by molar-refractivity contribution is -0.0102. The van der Waals surface area contributed by atoms with Gasteiger partial charge in [-0.15, -0.1) is 12.6 Å². The SMILES string of the molecule is Cc1c(-c2cnn(C)c2)cnc(N2CCCC(F)(F)CC2)c1C(=O)Nc1cccc(S)c1. The maximum atomic E-state index is 14.0. The Kier molecular flexibility index (Phi) is 6.19. The summed E-state index contributed by atoms with van der Waals surface area (Å²) >= 11 is 4.33. The van der Waals surface area contributed by atoms with E-state index in [-0.39, 0.29) is 25.3 Å². The second kappa shape index (κ2) is 8.90. The molecule has 32 heavy (non-hydrogen) atoms. The quantitative estimate of drug-likeness (QED) is 0.544. The zero-order chi connectivity index (χ0) is 22.9. The van der Waals surface area contributed by atoms with Gasteiger partial charge in [-0.3, -0.25) is 9.48 Å². The minimum atomic E-state index is -2.70. The Hall–Kier alpha value is -2.94. The molecule has 0 spiro atoms. The van der Waals surface area contributed by atoms with Gasteiger partial charge in [0.15, 0.2) is 0 Å². The third kappa shape index (κ3) is 4.77. The predicted molar refractivity (Wildman–Crippen MR) is 124 cm³/mol. The van der Waals surface area contributed by atoms with Crippen molar-refractivity contribution in [3.63, 3.8) is 0 Å². The van der Waals surface area contributed by atoms with Gasteiger partial charge in [-0.25, -0.2) is 13.8 Å². The highest BCUT2D eigenvalue weighted by Crippen LogP contribution is 2.34. The van der Waals surface area contributed by atoms with Gasteiger partial charge in [-0.1, -0.05) is 6.07 Å². The molecule has 0 radical (unpaired) electrons. The molecule has 0 saturated carbocycles. The third-order valence-electron chi connectivity index (χ3n) is 5.68. The number of thiol groups is 1. The normalized spacial score (nSPS) is 16.0. The summed E-state index contributed by atoms with van der Waals surface area (Å²) in [6.07, 6.45) is 5.16. The molecule has 0 bridgehead atoms. The minimum absolute atomic E-state index is 0.137. The number of rotatable bonds is 4. The molecule has 9 heteroatoms. The minimum Gasteiger partial charge on any atom is -0.356 e. The largest absolute Gasteiger partial charge is 0.356 e. The molecule has 1 aromatic carbocycles. The number of halogens is 2. The van der Waals surface area contributed by atoms with Crippen molar-refractivity contribution in [1.82, 2.24) is 14.8 Å². The van der Waals surface area contributed by atoms with Gasteiger partial charge in [0, 0.05) is 67.1 Å². The topological polar surface area (TPSA) is 63.1 Å². The number of amides is 1. The Morgan fingerprint density at radius 3 is 2.75 bits per heavy atom. The number of carbonyl (C=O) groups excluding carboxylic acids is 1. The van der Waals surface area contributed by atoms with Crippen LogP contribution in [0.4, 0.5) is 20.3 Å². The fourth-order valence-corrected chi connectivity index (χ4v) is 4.23. The lowest BCUT2D eigenvalue weighted by Gasteiger charge is -2.25. The van der Waals surface area contributed by atoms with E-state index in [0.29, 0.717) is 30.0 Å². The van der Waals surface area contributed by atoms with Crippen LogP contribution in [0.1, 0.15) is 35.2 Å². The third-order valence-corrected chi connectivity index (χ3v) is 5.96. The number of alkyl halides is 2. The molecule has 1 aliphatic rings. The Morgan fingerprint density at radius 1 is 1.22 bits per heavy atom. The summed E-state index contributed by atoms with van der Waals surface area (Å²) < 4.78 is 29.6. The number of benzene rings is 1. The van der Waals surface area contributed by atoms with E-state index in [9.17, 15) is 13.6 Å². The summed E-state index contributed by atoms with van der Waals surface area (Å²) in [6.45, 7) is 2.41. The second-order valence-electron chi connectivity index (χ2n) is 8.10. The number of hydrogen-bond acceptors (Lipinski definition) is 5. The maximum absolute atomic E-state index is 14.0. The van der Waals surface area contributed by atoms with E-state index in [1.165, 1.54) is 0 Å². The van der Waals surface area contributed by atoms with Crippen LogP contribution in [0.25, 0.3) is 11.1 Å². The Balaban J connectivity index is 1.77. The first kappa shape index (κ1) is 22.3. The van der Waals surface area contributed by atoms with Crippen LogP contribution < -0.4 is 10.2 Å². The molecule has 1 fully saturated rings. The number of anilines is 2. The summed E-state index contributed by atoms with van der Waals surface area (Å²) in [5.74, 6) is -2.62. The van der Waals surface area contributed by atoms with E-state index >= 15 is 0 Å². The van der Waals surface area contributed by atoms with E-state index in [4.69, 9.17) is 0 Å². The van der Waals surface area contributed by atoms with Crippen LogP contribution >= 0.6 is 12.6 Å². The van der Waals surface area contributed by atoms with Crippen molar-refractivity contribution in [1.29, 1.82) is 0 Å². The summed E-state index contributed by atoms with van der Waals surface area (Å²) in [5.41, 5.74) is 3.30. The highest BCUT2D eigenvalue weighted by molar-refractivity contribution is 7.80. The molecule has 4 rings (SSSR count). The van der Waals surface area contributed by atoms with Gasteiger partial charge in [-0.2, -0.15) is 5.10 Å². The lowest BCUT2D eigenvalue weighted by Crippen LogP contribution is -2.30. The van der Waals surface area contributed by atoms with E-state index in [1.54, 1.807) is 40.2 Å². The van der Waals surface area contributed by atoms with Crippen LogP contribution in [0.5, 0.6) is 0 Å². The van der Waals surface area contributed by atoms with Crippen molar-refractivity contribution in [2.75, 3.05) is 23.3 Å². The van der Waals surface area contributed by atoms with Crippen LogP contribution in [0.15, 0.2) is 47.8 Å². The molecule has 3 heterocycles. The average Bonchev–Trinajstić information content (AvgIpc) is 3.07. The summed E-state index contributed by atoms with van der Waals surface area (Å²) in [5, 5.41) is 7.12. The molecule has 1 aliphatic heterocycles. The Morgan fingerprint density at radius 2 is 2.03 bits per heavy atom. The number of pyridine rings is 1. The molecule has 1 N–H and O–H groups in total. The smallest absolute Gasteiger partial charge is 0.259 e. The van der Waals surface area contributed by atoms with Crippen molar-refractivity contribution in [2.45, 2.75) is 37.0 Å². The van der Waals surface area contributed by atoms with Crippen LogP contribution in [0.2, 0.25) is 0 Å². The van der Waals surface area contributed by atoms with E-state index in [0.717, 1.165) is 21.6 Å². The fraction of sp³-hybridized carbons (Fsp3) is 0.348. The number of aryl methyl sites for hydroxylation is 1. The predicted octanol–water partition coefficient (Wildman–Crippen LogP) is 4.96. The van der Waals surface area contributed by atoms with Crippen molar-refractivity contribution in [2.24, 2.45) is 7.05 Å². The maximum Gasteiger partial charge on any atom is 0.259 e. The molecular weight excluding hydrogens is 432 g/mol. The van der Waals surface area contributed by atoms with Gasteiger partial charge in [0.1, 0.15) is 5.82 Å². The first-order valence-electron chi connectivity index (χ1n) is 10.5. The second-order valence-corrected chi connectivity index (χ2v) is 8.62. The van der Waals surface area contributed by atoms with Gasteiger partial charge in [0.2, 0.25) is 5.92 Å². The number of carbonyl (C=O) groups is 1. The highest BCUT2D eigenvalue weighted by atomic mass is 32.1. The Bertz CT molecular complexity index is 1150. The standard InChI is InChI=1S/C23H25F2N5OS/c1-15-19(16-12-27-29(2)14-16)13-26-21(30-9-4-7-23(24,25)8-10-30)20(15)22(31)28-17-5-3-6-18(32)11-17/h3,5-6,11-14,32H,4,7-10H2,1-2H3,(H,28,31). The number of nitrogens with zero attached hydrogens (tertiary/aromatic N) is 4. The molecular formula is C23H25F2N5OS. The molecule has 0 unspecified atom stereocenters. The molecule has 2 aromatic heterocycles. The zero-order valence-electron chi connectivity index (χ0n) is 18.0. The first-order chi connectivity index (χ1) is 15.2. The van der Waals surface area contributed by atoms with Crippen molar-refractivity contribution < 1.29 is 13.6 Å². The average molecular weight is 458 g/mol. The molecule has 0 atom stereocenters. The van der Waals surface area contributed by atoms with Crippen LogP contribution in [0, 0.1) is 6.92 Å². The zero-order valence-corrected chi connectivity index (χ0v) is 18.9. The molecule has 3 aromatic rings. The summed E-state index contributed by atoms with van der Waals surface area (Å²) in [4.78, 5) is 20.5. The van der Waals surface area contributed by atoms with Crippen molar-refractivity contribution >= 4 is 30.0 Å². The van der Waals surface area contributed by atoms with Gasteiger partial charge in [-0.05, 0) is 37.1 Å². The molecule has 168 valence electrons. The highest BCUT2D eigenvalue weighted by Gasteiger charge is 2.33.